The highest BCUT2D eigenvalue weighted by Gasteiger charge is 2.10. The molecule has 2 nitrogen and oxygen atoms in total. The molecule has 16 heavy (non-hydrogen) atoms. The van der Waals surface area contributed by atoms with Gasteiger partial charge in [0, 0.05) is 13.1 Å². The van der Waals surface area contributed by atoms with Gasteiger partial charge in [-0.1, -0.05) is 30.3 Å². The topological polar surface area (TPSA) is 12.5 Å². The Balaban J connectivity index is 1.52. The molecule has 0 unspecified atom stereocenters. The number of hydrogen-bond acceptors (Lipinski definition) is 2. The molecule has 0 bridgehead atoms. The molecule has 0 saturated carbocycles. The number of nitrogens with zero attached hydrogens (tertiary/aromatic N) is 1. The van der Waals surface area contributed by atoms with Crippen molar-refractivity contribution >= 4 is 0 Å². The van der Waals surface area contributed by atoms with Crippen LogP contribution in [0.15, 0.2) is 30.3 Å². The Morgan fingerprint density at radius 1 is 1.00 bits per heavy atom. The Morgan fingerprint density at radius 3 is 2.50 bits per heavy atom. The average Bonchev–Trinajstić information content (AvgIpc) is 2.83. The van der Waals surface area contributed by atoms with Crippen LogP contribution in [0, 0.1) is 0 Å². The summed E-state index contributed by atoms with van der Waals surface area (Å²) in [4.78, 5) is 5.67. The lowest BCUT2D eigenvalue weighted by atomic mass is 10.1. The Morgan fingerprint density at radius 2 is 1.75 bits per heavy atom. The minimum absolute atomic E-state index is 0.882. The Labute approximate surface area is 98.2 Å². The monoisotopic (exact) mass is 219 g/mol. The molecule has 0 amide bonds. The highest BCUT2D eigenvalue weighted by atomic mass is 16.7. The van der Waals surface area contributed by atoms with Crippen molar-refractivity contribution in [1.82, 2.24) is 5.06 Å². The third-order valence-corrected chi connectivity index (χ3v) is 3.04. The fraction of sp³-hybridized carbons (Fsp3) is 0.571. The van der Waals surface area contributed by atoms with E-state index in [-0.39, 0.29) is 0 Å². The Kier molecular flexibility index (Phi) is 4.84. The number of rotatable bonds is 6. The molecule has 1 aliphatic heterocycles. The maximum Gasteiger partial charge on any atom is 0.0685 e. The van der Waals surface area contributed by atoms with Gasteiger partial charge in [0.05, 0.1) is 6.61 Å². The molecule has 1 aliphatic rings. The van der Waals surface area contributed by atoms with E-state index in [2.05, 4.69) is 35.4 Å². The van der Waals surface area contributed by atoms with Gasteiger partial charge in [0.15, 0.2) is 0 Å². The van der Waals surface area contributed by atoms with Crippen LogP contribution in [0.1, 0.15) is 31.2 Å². The standard InChI is InChI=1S/C14H21NO/c1-2-8-14(9-3-1)10-4-7-13-16-15-11-5-6-12-15/h1-3,8-9H,4-7,10-13H2. The lowest BCUT2D eigenvalue weighted by molar-refractivity contribution is -0.143. The SMILES string of the molecule is c1ccc(CCCCON2CCCC2)cc1. The van der Waals surface area contributed by atoms with Crippen molar-refractivity contribution in [3.05, 3.63) is 35.9 Å². The summed E-state index contributed by atoms with van der Waals surface area (Å²) in [6, 6.07) is 10.7. The fourth-order valence-electron chi connectivity index (χ4n) is 2.09. The molecule has 0 spiro atoms. The van der Waals surface area contributed by atoms with Crippen molar-refractivity contribution in [3.63, 3.8) is 0 Å². The van der Waals surface area contributed by atoms with Gasteiger partial charge in [-0.05, 0) is 37.7 Å². The zero-order chi connectivity index (χ0) is 11.1. The first-order valence-electron chi connectivity index (χ1n) is 6.37. The van der Waals surface area contributed by atoms with E-state index in [1.807, 2.05) is 0 Å². The number of benzene rings is 1. The zero-order valence-corrected chi connectivity index (χ0v) is 9.90. The van der Waals surface area contributed by atoms with Crippen LogP contribution in [0.2, 0.25) is 0 Å². The van der Waals surface area contributed by atoms with Gasteiger partial charge in [-0.25, -0.2) is 0 Å². The van der Waals surface area contributed by atoms with Gasteiger partial charge < -0.3 is 0 Å². The summed E-state index contributed by atoms with van der Waals surface area (Å²) >= 11 is 0. The first-order valence-corrected chi connectivity index (χ1v) is 6.37. The van der Waals surface area contributed by atoms with Crippen molar-refractivity contribution in [2.45, 2.75) is 32.1 Å². The van der Waals surface area contributed by atoms with Crippen molar-refractivity contribution in [2.75, 3.05) is 19.7 Å². The van der Waals surface area contributed by atoms with E-state index >= 15 is 0 Å². The summed E-state index contributed by atoms with van der Waals surface area (Å²) in [5.74, 6) is 0. The van der Waals surface area contributed by atoms with Crippen LogP contribution < -0.4 is 0 Å². The molecule has 1 fully saturated rings. The predicted molar refractivity (Wildman–Crippen MR) is 66.1 cm³/mol. The maximum absolute atomic E-state index is 5.67. The van der Waals surface area contributed by atoms with Gasteiger partial charge in [0.1, 0.15) is 0 Å². The minimum atomic E-state index is 0.882. The van der Waals surface area contributed by atoms with Crippen LogP contribution in [0.5, 0.6) is 0 Å². The highest BCUT2D eigenvalue weighted by Crippen LogP contribution is 2.09. The Bertz CT molecular complexity index is 280. The van der Waals surface area contributed by atoms with Gasteiger partial charge in [0.2, 0.25) is 0 Å². The largest absolute Gasteiger partial charge is 0.299 e. The van der Waals surface area contributed by atoms with Crippen molar-refractivity contribution in [1.29, 1.82) is 0 Å². The molecule has 0 aromatic heterocycles. The predicted octanol–water partition coefficient (Wildman–Crippen LogP) is 3.04. The molecule has 88 valence electrons. The second-order valence-electron chi connectivity index (χ2n) is 4.41. The van der Waals surface area contributed by atoms with E-state index in [0.717, 1.165) is 26.1 Å². The summed E-state index contributed by atoms with van der Waals surface area (Å²) in [5.41, 5.74) is 1.43. The third kappa shape index (κ3) is 3.95. The number of hydrogen-bond donors (Lipinski definition) is 0. The van der Waals surface area contributed by atoms with Crippen LogP contribution >= 0.6 is 0 Å². The van der Waals surface area contributed by atoms with E-state index in [0.29, 0.717) is 0 Å². The molecule has 1 aromatic carbocycles. The van der Waals surface area contributed by atoms with Crippen LogP contribution in [0.3, 0.4) is 0 Å². The van der Waals surface area contributed by atoms with Gasteiger partial charge in [0.25, 0.3) is 0 Å². The molecule has 0 aliphatic carbocycles. The number of aryl methyl sites for hydroxylation is 1. The lowest BCUT2D eigenvalue weighted by Gasteiger charge is -2.14. The minimum Gasteiger partial charge on any atom is -0.299 e. The van der Waals surface area contributed by atoms with E-state index in [9.17, 15) is 0 Å². The van der Waals surface area contributed by atoms with Crippen LogP contribution in [-0.4, -0.2) is 24.8 Å². The van der Waals surface area contributed by atoms with E-state index in [4.69, 9.17) is 4.84 Å². The molecular formula is C14H21NO. The Hall–Kier alpha value is -0.860. The van der Waals surface area contributed by atoms with Crippen LogP contribution in [0.25, 0.3) is 0 Å². The molecule has 1 heterocycles. The second kappa shape index (κ2) is 6.66. The molecule has 0 N–H and O–H groups in total. The zero-order valence-electron chi connectivity index (χ0n) is 9.90. The molecular weight excluding hydrogens is 198 g/mol. The number of unbranched alkanes of at least 4 members (excludes halogenated alkanes) is 1. The smallest absolute Gasteiger partial charge is 0.0685 e. The molecule has 0 radical (unpaired) electrons. The normalized spacial score (nSPS) is 16.8. The summed E-state index contributed by atoms with van der Waals surface area (Å²) in [6.45, 7) is 3.13. The molecule has 2 heteroatoms. The lowest BCUT2D eigenvalue weighted by Crippen LogP contribution is -2.20. The van der Waals surface area contributed by atoms with Crippen molar-refractivity contribution in [3.8, 4) is 0 Å². The molecule has 2 rings (SSSR count). The number of hydroxylamine groups is 2. The summed E-state index contributed by atoms with van der Waals surface area (Å²) in [7, 11) is 0. The molecule has 0 atom stereocenters. The summed E-state index contributed by atoms with van der Waals surface area (Å²) in [5, 5.41) is 2.11. The van der Waals surface area contributed by atoms with Gasteiger partial charge in [-0.2, -0.15) is 5.06 Å². The fourth-order valence-corrected chi connectivity index (χ4v) is 2.09. The van der Waals surface area contributed by atoms with Crippen molar-refractivity contribution in [2.24, 2.45) is 0 Å². The van der Waals surface area contributed by atoms with Gasteiger partial charge >= 0.3 is 0 Å². The van der Waals surface area contributed by atoms with Crippen molar-refractivity contribution < 1.29 is 4.84 Å². The third-order valence-electron chi connectivity index (χ3n) is 3.04. The van der Waals surface area contributed by atoms with E-state index < -0.39 is 0 Å². The first-order chi connectivity index (χ1) is 7.95. The summed E-state index contributed by atoms with van der Waals surface area (Å²) < 4.78 is 0. The van der Waals surface area contributed by atoms with Gasteiger partial charge in [-0.15, -0.1) is 0 Å². The summed E-state index contributed by atoms with van der Waals surface area (Å²) in [6.07, 6.45) is 6.14. The second-order valence-corrected chi connectivity index (χ2v) is 4.41. The average molecular weight is 219 g/mol. The molecule has 1 aromatic rings. The first kappa shape index (κ1) is 11.6. The van der Waals surface area contributed by atoms with Gasteiger partial charge in [-0.3, -0.25) is 4.84 Å². The highest BCUT2D eigenvalue weighted by molar-refractivity contribution is 5.14. The quantitative estimate of drug-likeness (QED) is 0.682. The van der Waals surface area contributed by atoms with Crippen LogP contribution in [-0.2, 0) is 11.3 Å². The van der Waals surface area contributed by atoms with E-state index in [1.165, 1.54) is 31.2 Å². The van der Waals surface area contributed by atoms with Crippen LogP contribution in [0.4, 0.5) is 0 Å². The molecule has 1 saturated heterocycles. The maximum atomic E-state index is 5.67. The van der Waals surface area contributed by atoms with E-state index in [1.54, 1.807) is 0 Å².